The van der Waals surface area contributed by atoms with Gasteiger partial charge in [0.2, 0.25) is 0 Å². The van der Waals surface area contributed by atoms with Gasteiger partial charge in [-0.25, -0.2) is 14.6 Å². The number of phenolic OH excluding ortho intramolecular Hbond substituents is 1. The van der Waals surface area contributed by atoms with Crippen molar-refractivity contribution in [2.75, 3.05) is 5.32 Å². The molecule has 6 heteroatoms. The molecule has 6 nitrogen and oxygen atoms in total. The Morgan fingerprint density at radius 3 is 2.52 bits per heavy atom. The van der Waals surface area contributed by atoms with Gasteiger partial charge in [-0.1, -0.05) is 30.3 Å². The second kappa shape index (κ2) is 5.42. The predicted octanol–water partition coefficient (Wildman–Crippen LogP) is 3.26. The van der Waals surface area contributed by atoms with E-state index in [-0.39, 0.29) is 5.75 Å². The lowest BCUT2D eigenvalue weighted by atomic mass is 10.3. The normalized spacial score (nSPS) is 10.8. The minimum atomic E-state index is 0.162. The molecular formula is C17H13N5O. The standard InChI is InChI=1S/C17H13N5O/c23-15-9-5-4-8-14(15)21-16-13-10-20-22(17(13)19-11-18-16)12-6-2-1-3-7-12/h1-11,23H,(H,18,19,21). The number of hydrogen-bond donors (Lipinski definition) is 2. The summed E-state index contributed by atoms with van der Waals surface area (Å²) < 4.78 is 1.76. The molecule has 0 aliphatic heterocycles. The molecule has 0 aliphatic rings. The maximum atomic E-state index is 9.90. The lowest BCUT2D eigenvalue weighted by molar-refractivity contribution is 0.478. The number of anilines is 2. The van der Waals surface area contributed by atoms with E-state index in [0.29, 0.717) is 17.2 Å². The fourth-order valence-electron chi connectivity index (χ4n) is 2.41. The lowest BCUT2D eigenvalue weighted by Gasteiger charge is -2.08. The van der Waals surface area contributed by atoms with Gasteiger partial charge < -0.3 is 10.4 Å². The van der Waals surface area contributed by atoms with Gasteiger partial charge in [-0.2, -0.15) is 5.10 Å². The first-order valence-corrected chi connectivity index (χ1v) is 7.12. The number of hydrogen-bond acceptors (Lipinski definition) is 5. The van der Waals surface area contributed by atoms with Crippen LogP contribution in [-0.2, 0) is 0 Å². The largest absolute Gasteiger partial charge is 0.506 e. The SMILES string of the molecule is Oc1ccccc1Nc1ncnc2c1cnn2-c1ccccc1. The molecule has 2 heterocycles. The Bertz CT molecular complexity index is 965. The van der Waals surface area contributed by atoms with Crippen molar-refractivity contribution in [3.8, 4) is 11.4 Å². The van der Waals surface area contributed by atoms with Gasteiger partial charge in [-0.3, -0.25) is 0 Å². The molecule has 0 saturated heterocycles. The molecule has 0 atom stereocenters. The molecule has 0 radical (unpaired) electrons. The Morgan fingerprint density at radius 1 is 0.913 bits per heavy atom. The summed E-state index contributed by atoms with van der Waals surface area (Å²) in [6.45, 7) is 0. The molecule has 112 valence electrons. The summed E-state index contributed by atoms with van der Waals surface area (Å²) in [5.41, 5.74) is 2.21. The number of nitrogens with one attached hydrogen (secondary N) is 1. The zero-order valence-corrected chi connectivity index (χ0v) is 12.1. The van der Waals surface area contributed by atoms with E-state index in [0.717, 1.165) is 11.1 Å². The van der Waals surface area contributed by atoms with E-state index in [9.17, 15) is 5.11 Å². The third-order valence-corrected chi connectivity index (χ3v) is 3.52. The van der Waals surface area contributed by atoms with Crippen LogP contribution in [0, 0.1) is 0 Å². The Balaban J connectivity index is 1.81. The Labute approximate surface area is 132 Å². The van der Waals surface area contributed by atoms with Crippen molar-refractivity contribution in [2.45, 2.75) is 0 Å². The first-order valence-electron chi connectivity index (χ1n) is 7.12. The van der Waals surface area contributed by atoms with Crippen molar-refractivity contribution in [2.24, 2.45) is 0 Å². The van der Waals surface area contributed by atoms with Gasteiger partial charge >= 0.3 is 0 Å². The summed E-state index contributed by atoms with van der Waals surface area (Å²) in [5, 5.41) is 18.2. The fourth-order valence-corrected chi connectivity index (χ4v) is 2.41. The molecule has 0 spiro atoms. The molecule has 2 aromatic heterocycles. The first kappa shape index (κ1) is 13.3. The number of fused-ring (bicyclic) bond motifs is 1. The average molecular weight is 303 g/mol. The van der Waals surface area contributed by atoms with E-state index in [1.807, 2.05) is 36.4 Å². The van der Waals surface area contributed by atoms with E-state index in [1.165, 1.54) is 6.33 Å². The summed E-state index contributed by atoms with van der Waals surface area (Å²) >= 11 is 0. The topological polar surface area (TPSA) is 75.9 Å². The maximum absolute atomic E-state index is 9.90. The molecule has 4 aromatic rings. The number of aromatic nitrogens is 4. The highest BCUT2D eigenvalue weighted by atomic mass is 16.3. The van der Waals surface area contributed by atoms with E-state index in [4.69, 9.17) is 0 Å². The molecule has 4 rings (SSSR count). The smallest absolute Gasteiger partial charge is 0.168 e. The monoisotopic (exact) mass is 303 g/mol. The molecule has 0 fully saturated rings. The van der Waals surface area contributed by atoms with Crippen molar-refractivity contribution in [3.05, 3.63) is 67.1 Å². The van der Waals surface area contributed by atoms with Crippen LogP contribution in [0.1, 0.15) is 0 Å². The van der Waals surface area contributed by atoms with E-state index in [2.05, 4.69) is 20.4 Å². The minimum absolute atomic E-state index is 0.162. The van der Waals surface area contributed by atoms with Crippen LogP contribution in [0.3, 0.4) is 0 Å². The third kappa shape index (κ3) is 2.36. The molecule has 0 unspecified atom stereocenters. The van der Waals surface area contributed by atoms with E-state index in [1.54, 1.807) is 29.1 Å². The Hall–Kier alpha value is -3.41. The molecule has 0 saturated carbocycles. The zero-order valence-electron chi connectivity index (χ0n) is 12.1. The zero-order chi connectivity index (χ0) is 15.6. The molecule has 2 N–H and O–H groups in total. The lowest BCUT2D eigenvalue weighted by Crippen LogP contribution is -1.99. The van der Waals surface area contributed by atoms with Gasteiger partial charge in [0, 0.05) is 0 Å². The highest BCUT2D eigenvalue weighted by Crippen LogP contribution is 2.28. The van der Waals surface area contributed by atoms with Crippen molar-refractivity contribution < 1.29 is 5.11 Å². The van der Waals surface area contributed by atoms with Crippen LogP contribution in [0.2, 0.25) is 0 Å². The van der Waals surface area contributed by atoms with E-state index < -0.39 is 0 Å². The van der Waals surface area contributed by atoms with Crippen LogP contribution in [0.4, 0.5) is 11.5 Å². The van der Waals surface area contributed by atoms with Gasteiger partial charge in [0.1, 0.15) is 17.9 Å². The number of rotatable bonds is 3. The summed E-state index contributed by atoms with van der Waals surface area (Å²) in [7, 11) is 0. The highest BCUT2D eigenvalue weighted by molar-refractivity contribution is 5.89. The van der Waals surface area contributed by atoms with Crippen molar-refractivity contribution in [3.63, 3.8) is 0 Å². The van der Waals surface area contributed by atoms with Crippen LogP contribution in [0.25, 0.3) is 16.7 Å². The predicted molar refractivity (Wildman–Crippen MR) is 88.0 cm³/mol. The second-order valence-electron chi connectivity index (χ2n) is 4.99. The third-order valence-electron chi connectivity index (χ3n) is 3.52. The van der Waals surface area contributed by atoms with Crippen LogP contribution < -0.4 is 5.32 Å². The summed E-state index contributed by atoms with van der Waals surface area (Å²) in [4.78, 5) is 8.59. The number of phenols is 1. The van der Waals surface area contributed by atoms with Gasteiger partial charge in [-0.05, 0) is 24.3 Å². The molecule has 23 heavy (non-hydrogen) atoms. The summed E-state index contributed by atoms with van der Waals surface area (Å²) in [6.07, 6.45) is 3.19. The Morgan fingerprint density at radius 2 is 1.70 bits per heavy atom. The molecule has 0 bridgehead atoms. The van der Waals surface area contributed by atoms with Crippen molar-refractivity contribution in [1.29, 1.82) is 0 Å². The molecular weight excluding hydrogens is 290 g/mol. The summed E-state index contributed by atoms with van der Waals surface area (Å²) in [5.74, 6) is 0.758. The summed E-state index contributed by atoms with van der Waals surface area (Å²) in [6, 6.07) is 16.8. The first-order chi connectivity index (χ1) is 11.3. The average Bonchev–Trinajstić information content (AvgIpc) is 3.03. The van der Waals surface area contributed by atoms with Crippen LogP contribution in [-0.4, -0.2) is 24.9 Å². The fraction of sp³-hybridized carbons (Fsp3) is 0. The number of nitrogens with zero attached hydrogens (tertiary/aromatic N) is 4. The number of para-hydroxylation sites is 3. The van der Waals surface area contributed by atoms with Crippen LogP contribution in [0.15, 0.2) is 67.1 Å². The van der Waals surface area contributed by atoms with Crippen LogP contribution >= 0.6 is 0 Å². The maximum Gasteiger partial charge on any atom is 0.168 e. The van der Waals surface area contributed by atoms with Crippen molar-refractivity contribution >= 4 is 22.5 Å². The molecule has 0 aliphatic carbocycles. The van der Waals surface area contributed by atoms with E-state index >= 15 is 0 Å². The van der Waals surface area contributed by atoms with Crippen molar-refractivity contribution in [1.82, 2.24) is 19.7 Å². The quantitative estimate of drug-likeness (QED) is 0.568. The number of aromatic hydroxyl groups is 1. The molecule has 0 amide bonds. The van der Waals surface area contributed by atoms with Gasteiger partial charge in [0.05, 0.1) is 23.0 Å². The highest BCUT2D eigenvalue weighted by Gasteiger charge is 2.12. The molecule has 2 aromatic carbocycles. The van der Waals surface area contributed by atoms with Crippen LogP contribution in [0.5, 0.6) is 5.75 Å². The Kier molecular flexibility index (Phi) is 3.12. The van der Waals surface area contributed by atoms with Gasteiger partial charge in [-0.15, -0.1) is 0 Å². The minimum Gasteiger partial charge on any atom is -0.506 e. The van der Waals surface area contributed by atoms with Gasteiger partial charge in [0.25, 0.3) is 0 Å². The number of benzene rings is 2. The second-order valence-corrected chi connectivity index (χ2v) is 4.99. The van der Waals surface area contributed by atoms with Gasteiger partial charge in [0.15, 0.2) is 5.65 Å².